The monoisotopic (exact) mass is 743 g/mol. The Morgan fingerprint density at radius 1 is 1.18 bits per heavy atom. The van der Waals surface area contributed by atoms with E-state index in [0.29, 0.717) is 22.0 Å². The van der Waals surface area contributed by atoms with Gasteiger partial charge in [0, 0.05) is 47.6 Å². The van der Waals surface area contributed by atoms with E-state index in [1.807, 2.05) is 41.8 Å². The number of rotatable bonds is 6. The predicted molar refractivity (Wildman–Crippen MR) is 186 cm³/mol. The number of pyridine rings is 1. The number of halogens is 1. The molecule has 2 fully saturated rings. The number of fused-ring (bicyclic) bond motifs is 1. The Morgan fingerprint density at radius 2 is 1.98 bits per heavy atom. The second kappa shape index (κ2) is 12.9. The van der Waals surface area contributed by atoms with Gasteiger partial charge in [-0.2, -0.15) is 0 Å². The Hall–Kier alpha value is -3.06. The summed E-state index contributed by atoms with van der Waals surface area (Å²) in [6, 6.07) is 13.2. The van der Waals surface area contributed by atoms with E-state index in [-0.39, 0.29) is 6.61 Å². The lowest BCUT2D eigenvalue weighted by molar-refractivity contribution is -0.361. The average Bonchev–Trinajstić information content (AvgIpc) is 3.86. The van der Waals surface area contributed by atoms with E-state index in [0.717, 1.165) is 5.56 Å². The minimum absolute atomic E-state index is 0.0832. The first-order valence-electron chi connectivity index (χ1n) is 15.2. The molecule has 0 radical (unpaired) electrons. The van der Waals surface area contributed by atoms with Gasteiger partial charge in [0.2, 0.25) is 0 Å². The second-order valence-corrected chi connectivity index (χ2v) is 15.5. The van der Waals surface area contributed by atoms with Crippen LogP contribution in [0.3, 0.4) is 0 Å². The van der Waals surface area contributed by atoms with Crippen molar-refractivity contribution in [2.75, 3.05) is 13.7 Å². The van der Waals surface area contributed by atoms with E-state index in [1.165, 1.54) is 28.0 Å². The number of ether oxygens (including phenoxy) is 5. The highest BCUT2D eigenvalue weighted by Crippen LogP contribution is 2.62. The summed E-state index contributed by atoms with van der Waals surface area (Å²) in [5.41, 5.74) is 2.78. The van der Waals surface area contributed by atoms with Crippen molar-refractivity contribution in [3.05, 3.63) is 99.9 Å². The summed E-state index contributed by atoms with van der Waals surface area (Å²) in [5.74, 6) is 0. The lowest BCUT2D eigenvalue weighted by atomic mass is 9.67. The van der Waals surface area contributed by atoms with Crippen LogP contribution in [0.25, 0.3) is 5.70 Å². The third kappa shape index (κ3) is 5.57. The first kappa shape index (κ1) is 34.4. The Morgan fingerprint density at radius 3 is 2.65 bits per heavy atom. The molecule has 258 valence electrons. The highest BCUT2D eigenvalue weighted by Gasteiger charge is 2.76. The van der Waals surface area contributed by atoms with Crippen molar-refractivity contribution in [2.24, 2.45) is 5.73 Å². The van der Waals surface area contributed by atoms with Crippen LogP contribution in [0.1, 0.15) is 48.9 Å². The van der Waals surface area contributed by atoms with Crippen LogP contribution < -0.4 is 5.73 Å². The standard InChI is InChI=1S/C32H34ClN7O6S3/c1-29(2,3)46-28(41)40-22(17-49-27(40)34)21-16-39(38-37-21)31(20-11-8-12-35-15-20)24-30(33,18-43-23(44-24)19-9-6-5-7-10-19)45-26(47)32(31,42-4)25-36-13-14-48-25/h5-17,23-24,26-27,47H,18,34H2,1-4H3/t23?,24-,26+,27?,30-,31?,32-/m0/s1. The molecule has 49 heavy (non-hydrogen) atoms. The molecule has 2 saturated heterocycles. The first-order chi connectivity index (χ1) is 23.4. The number of hydrogen-bond donors (Lipinski definition) is 2. The molecule has 1 amide bonds. The van der Waals surface area contributed by atoms with Crippen LogP contribution in [-0.4, -0.2) is 77.4 Å². The fraction of sp³-hybridized carbons (Fsp3) is 0.406. The fourth-order valence-electron chi connectivity index (χ4n) is 6.51. The summed E-state index contributed by atoms with van der Waals surface area (Å²) >= 11 is 15.1. The number of carbonyl (C=O) groups is 1. The molecule has 4 aromatic rings. The van der Waals surface area contributed by atoms with Crippen LogP contribution in [-0.2, 0) is 34.8 Å². The zero-order valence-electron chi connectivity index (χ0n) is 26.9. The molecule has 0 spiro atoms. The lowest BCUT2D eigenvalue weighted by Crippen LogP contribution is -2.77. The molecule has 3 aliphatic heterocycles. The number of benzene rings is 1. The van der Waals surface area contributed by atoms with Gasteiger partial charge in [-0.05, 0) is 26.8 Å². The first-order valence-corrected chi connectivity index (χ1v) is 18.0. The summed E-state index contributed by atoms with van der Waals surface area (Å²) in [4.78, 5) is 24.0. The van der Waals surface area contributed by atoms with E-state index >= 15 is 0 Å². The van der Waals surface area contributed by atoms with E-state index in [2.05, 4.69) is 10.1 Å². The van der Waals surface area contributed by atoms with Gasteiger partial charge in [0.25, 0.3) is 0 Å². The van der Waals surface area contributed by atoms with Gasteiger partial charge in [0.15, 0.2) is 22.5 Å². The third-order valence-corrected chi connectivity index (χ3v) is 11.1. The molecular formula is C32H34ClN7O6S3. The molecule has 1 aromatic carbocycles. The maximum atomic E-state index is 13.4. The van der Waals surface area contributed by atoms with Gasteiger partial charge >= 0.3 is 6.09 Å². The summed E-state index contributed by atoms with van der Waals surface area (Å²) < 4.78 is 33.6. The topological polar surface area (TPSA) is 149 Å². The normalized spacial score (nSPS) is 31.7. The number of thiazole rings is 1. The molecule has 6 heterocycles. The van der Waals surface area contributed by atoms with Crippen LogP contribution in [0, 0.1) is 0 Å². The summed E-state index contributed by atoms with van der Waals surface area (Å²) in [6.07, 6.45) is 4.14. The molecule has 7 rings (SSSR count). The minimum Gasteiger partial charge on any atom is -0.443 e. The quantitative estimate of drug-likeness (QED) is 0.196. The number of hydrogen-bond acceptors (Lipinski definition) is 14. The van der Waals surface area contributed by atoms with Crippen molar-refractivity contribution in [1.29, 1.82) is 0 Å². The van der Waals surface area contributed by atoms with Crippen LogP contribution >= 0.6 is 47.3 Å². The maximum absolute atomic E-state index is 13.4. The van der Waals surface area contributed by atoms with Crippen LogP contribution in [0.4, 0.5) is 4.79 Å². The SMILES string of the molecule is CO[C@@]1(c2nccs2)[C@@H](S)O[C@@]2(Cl)COC(c3ccccc3)O[C@@H]2C1(c1cccnc1)n1cc(C2=CSC(N)N2C(=O)OC(C)(C)C)nn1. The molecule has 7 atom stereocenters. The van der Waals surface area contributed by atoms with E-state index < -0.39 is 51.2 Å². The molecule has 13 nitrogen and oxygen atoms in total. The van der Waals surface area contributed by atoms with Gasteiger partial charge in [0.1, 0.15) is 33.3 Å². The van der Waals surface area contributed by atoms with Gasteiger partial charge in [-0.1, -0.05) is 65.0 Å². The summed E-state index contributed by atoms with van der Waals surface area (Å²) in [6.45, 7) is 5.27. The van der Waals surface area contributed by atoms with Crippen LogP contribution in [0.5, 0.6) is 0 Å². The number of thiol groups is 1. The van der Waals surface area contributed by atoms with Crippen molar-refractivity contribution in [3.63, 3.8) is 0 Å². The van der Waals surface area contributed by atoms with Crippen molar-refractivity contribution in [2.45, 2.75) is 65.9 Å². The van der Waals surface area contributed by atoms with Crippen LogP contribution in [0.15, 0.2) is 78.0 Å². The van der Waals surface area contributed by atoms with Gasteiger partial charge in [0.05, 0.1) is 18.5 Å². The highest BCUT2D eigenvalue weighted by molar-refractivity contribution is 8.03. The maximum Gasteiger partial charge on any atom is 0.416 e. The Labute approximate surface area is 301 Å². The van der Waals surface area contributed by atoms with Crippen LogP contribution in [0.2, 0.25) is 0 Å². The number of nitrogens with two attached hydrogens (primary N) is 1. The number of carbonyl (C=O) groups excluding carboxylic acids is 1. The molecule has 0 aliphatic carbocycles. The fourth-order valence-corrected chi connectivity index (χ4v) is 9.35. The molecule has 3 unspecified atom stereocenters. The van der Waals surface area contributed by atoms with Crippen molar-refractivity contribution < 1.29 is 28.5 Å². The molecule has 0 bridgehead atoms. The number of alkyl halides is 1. The third-order valence-electron chi connectivity index (χ3n) is 8.47. The van der Waals surface area contributed by atoms with Crippen molar-refractivity contribution in [3.8, 4) is 0 Å². The largest absolute Gasteiger partial charge is 0.443 e. The molecule has 3 aromatic heterocycles. The van der Waals surface area contributed by atoms with Crippen molar-refractivity contribution in [1.82, 2.24) is 29.9 Å². The minimum atomic E-state index is -1.62. The van der Waals surface area contributed by atoms with Crippen molar-refractivity contribution >= 4 is 59.1 Å². The number of methoxy groups -OCH3 is 1. The zero-order chi connectivity index (χ0) is 34.6. The molecule has 0 saturated carbocycles. The van der Waals surface area contributed by atoms with E-state index in [4.69, 9.17) is 63.8 Å². The second-order valence-electron chi connectivity index (χ2n) is 12.5. The molecular weight excluding hydrogens is 710 g/mol. The predicted octanol–water partition coefficient (Wildman–Crippen LogP) is 5.28. The number of aromatic nitrogens is 5. The van der Waals surface area contributed by atoms with E-state index in [1.54, 1.807) is 68.8 Å². The lowest BCUT2D eigenvalue weighted by Gasteiger charge is -2.62. The van der Waals surface area contributed by atoms with E-state index in [9.17, 15) is 4.79 Å². The average molecular weight is 744 g/mol. The molecule has 2 N–H and O–H groups in total. The van der Waals surface area contributed by atoms with Gasteiger partial charge in [-0.3, -0.25) is 4.98 Å². The smallest absolute Gasteiger partial charge is 0.416 e. The Kier molecular flexibility index (Phi) is 9.07. The molecule has 3 aliphatic rings. The number of thioether (sulfide) groups is 1. The van der Waals surface area contributed by atoms with Gasteiger partial charge in [-0.15, -0.1) is 29.1 Å². The summed E-state index contributed by atoms with van der Waals surface area (Å²) in [5, 5.41) is 11.8. The highest BCUT2D eigenvalue weighted by atomic mass is 35.5. The summed E-state index contributed by atoms with van der Waals surface area (Å²) in [7, 11) is 1.55. The zero-order valence-corrected chi connectivity index (χ0v) is 30.2. The van der Waals surface area contributed by atoms with Gasteiger partial charge in [-0.25, -0.2) is 19.4 Å². The Bertz CT molecular complexity index is 1830. The Balaban J connectivity index is 1.47. The number of nitrogens with zero attached hydrogens (tertiary/aromatic N) is 6. The van der Waals surface area contributed by atoms with Gasteiger partial charge < -0.3 is 29.4 Å². The number of amides is 1. The molecule has 17 heteroatoms.